The van der Waals surface area contributed by atoms with Crippen molar-refractivity contribution in [2.45, 2.75) is 13.0 Å². The zero-order valence-electron chi connectivity index (χ0n) is 13.4. The van der Waals surface area contributed by atoms with Crippen molar-refractivity contribution in [1.29, 1.82) is 0 Å². The molecule has 24 heavy (non-hydrogen) atoms. The van der Waals surface area contributed by atoms with E-state index in [9.17, 15) is 4.79 Å². The van der Waals surface area contributed by atoms with Crippen LogP contribution in [0.15, 0.2) is 36.0 Å². The molecule has 4 rings (SSSR count). The lowest BCUT2D eigenvalue weighted by atomic mass is 9.78. The SMILES string of the molecule is O=C(C[C@]12COC[C@H]1CN(c1ncccn1)C2)NCc1cccs1. The van der Waals surface area contributed by atoms with Crippen LogP contribution in [0.4, 0.5) is 5.95 Å². The van der Waals surface area contributed by atoms with Crippen LogP contribution in [-0.2, 0) is 16.1 Å². The molecular weight excluding hydrogens is 324 g/mol. The molecule has 4 heterocycles. The second kappa shape index (κ2) is 6.49. The summed E-state index contributed by atoms with van der Waals surface area (Å²) in [7, 11) is 0. The molecule has 1 N–H and O–H groups in total. The Morgan fingerprint density at radius 1 is 1.42 bits per heavy atom. The number of carbonyl (C=O) groups excluding carboxylic acids is 1. The monoisotopic (exact) mass is 344 g/mol. The zero-order chi connectivity index (χ0) is 16.4. The van der Waals surface area contributed by atoms with Gasteiger partial charge in [-0.2, -0.15) is 0 Å². The van der Waals surface area contributed by atoms with E-state index in [4.69, 9.17) is 4.74 Å². The summed E-state index contributed by atoms with van der Waals surface area (Å²) < 4.78 is 5.70. The topological polar surface area (TPSA) is 67.3 Å². The molecule has 2 aliphatic heterocycles. The number of fused-ring (bicyclic) bond motifs is 1. The molecule has 7 heteroatoms. The van der Waals surface area contributed by atoms with Gasteiger partial charge >= 0.3 is 0 Å². The van der Waals surface area contributed by atoms with Crippen LogP contribution < -0.4 is 10.2 Å². The number of rotatable bonds is 5. The Balaban J connectivity index is 1.41. The van der Waals surface area contributed by atoms with E-state index in [-0.39, 0.29) is 11.3 Å². The van der Waals surface area contributed by atoms with Gasteiger partial charge in [-0.1, -0.05) is 6.07 Å². The number of nitrogens with zero attached hydrogens (tertiary/aromatic N) is 3. The van der Waals surface area contributed by atoms with E-state index in [1.54, 1.807) is 23.7 Å². The number of carbonyl (C=O) groups is 1. The second-order valence-corrected chi connectivity index (χ2v) is 7.57. The number of aromatic nitrogens is 2. The van der Waals surface area contributed by atoms with Crippen molar-refractivity contribution in [3.8, 4) is 0 Å². The molecule has 0 radical (unpaired) electrons. The quantitative estimate of drug-likeness (QED) is 0.894. The second-order valence-electron chi connectivity index (χ2n) is 6.54. The van der Waals surface area contributed by atoms with Crippen LogP contribution in [0, 0.1) is 11.3 Å². The highest BCUT2D eigenvalue weighted by Gasteiger charge is 2.52. The van der Waals surface area contributed by atoms with Gasteiger partial charge in [0.25, 0.3) is 0 Å². The molecule has 1 amide bonds. The Kier molecular flexibility index (Phi) is 4.20. The van der Waals surface area contributed by atoms with Gasteiger partial charge in [-0.3, -0.25) is 4.79 Å². The molecule has 2 aliphatic rings. The lowest BCUT2D eigenvalue weighted by Crippen LogP contribution is -2.37. The third-order valence-electron chi connectivity index (χ3n) is 4.91. The third-order valence-corrected chi connectivity index (χ3v) is 5.78. The van der Waals surface area contributed by atoms with Gasteiger partial charge in [0.1, 0.15) is 0 Å². The van der Waals surface area contributed by atoms with E-state index < -0.39 is 0 Å². The number of nitrogens with one attached hydrogen (secondary N) is 1. The lowest BCUT2D eigenvalue weighted by molar-refractivity contribution is -0.123. The summed E-state index contributed by atoms with van der Waals surface area (Å²) in [5.74, 6) is 1.19. The summed E-state index contributed by atoms with van der Waals surface area (Å²) in [6, 6.07) is 5.85. The molecule has 0 spiro atoms. The minimum absolute atomic E-state index is 0.0923. The fourth-order valence-electron chi connectivity index (χ4n) is 3.67. The first-order valence-corrected chi connectivity index (χ1v) is 9.02. The van der Waals surface area contributed by atoms with E-state index in [2.05, 4.69) is 20.2 Å². The molecule has 2 fully saturated rings. The maximum Gasteiger partial charge on any atom is 0.225 e. The highest BCUT2D eigenvalue weighted by atomic mass is 32.1. The first kappa shape index (κ1) is 15.5. The predicted molar refractivity (Wildman–Crippen MR) is 91.8 cm³/mol. The fourth-order valence-corrected chi connectivity index (χ4v) is 4.31. The molecule has 0 saturated carbocycles. The largest absolute Gasteiger partial charge is 0.380 e. The van der Waals surface area contributed by atoms with Gasteiger partial charge in [-0.05, 0) is 17.5 Å². The third kappa shape index (κ3) is 3.01. The average molecular weight is 344 g/mol. The standard InChI is InChI=1S/C17H20N4O2S/c22-15(20-8-14-3-1-6-24-14)7-17-11-21(9-13(17)10-23-12-17)16-18-4-2-5-19-16/h1-6,13H,7-12H2,(H,20,22)/t13-,17+/m1/s1. The summed E-state index contributed by atoms with van der Waals surface area (Å²) in [5, 5.41) is 5.06. The number of anilines is 1. The van der Waals surface area contributed by atoms with E-state index in [0.29, 0.717) is 32.1 Å². The van der Waals surface area contributed by atoms with E-state index >= 15 is 0 Å². The van der Waals surface area contributed by atoms with Gasteiger partial charge in [-0.25, -0.2) is 9.97 Å². The van der Waals surface area contributed by atoms with Crippen LogP contribution in [-0.4, -0.2) is 42.2 Å². The Morgan fingerprint density at radius 3 is 3.08 bits per heavy atom. The Hall–Kier alpha value is -1.99. The lowest BCUT2D eigenvalue weighted by Gasteiger charge is -2.26. The van der Waals surface area contributed by atoms with Crippen LogP contribution in [0.2, 0.25) is 0 Å². The maximum absolute atomic E-state index is 12.5. The number of amides is 1. The van der Waals surface area contributed by atoms with E-state index in [1.165, 1.54) is 4.88 Å². The summed E-state index contributed by atoms with van der Waals surface area (Å²) in [5.41, 5.74) is -0.126. The van der Waals surface area contributed by atoms with Gasteiger partial charge in [0.15, 0.2) is 0 Å². The van der Waals surface area contributed by atoms with E-state index in [0.717, 1.165) is 19.0 Å². The fraction of sp³-hybridized carbons (Fsp3) is 0.471. The minimum atomic E-state index is -0.126. The van der Waals surface area contributed by atoms with Gasteiger partial charge in [0.2, 0.25) is 11.9 Å². The van der Waals surface area contributed by atoms with Gasteiger partial charge in [0.05, 0.1) is 19.8 Å². The minimum Gasteiger partial charge on any atom is -0.380 e. The maximum atomic E-state index is 12.5. The summed E-state index contributed by atoms with van der Waals surface area (Å²) in [6.07, 6.45) is 4.01. The number of hydrogen-bond acceptors (Lipinski definition) is 6. The van der Waals surface area contributed by atoms with Crippen molar-refractivity contribution in [1.82, 2.24) is 15.3 Å². The van der Waals surface area contributed by atoms with Crippen LogP contribution in [0.1, 0.15) is 11.3 Å². The predicted octanol–water partition coefficient (Wildman–Crippen LogP) is 1.70. The van der Waals surface area contributed by atoms with Crippen LogP contribution >= 0.6 is 11.3 Å². The van der Waals surface area contributed by atoms with Crippen molar-refractivity contribution in [2.24, 2.45) is 11.3 Å². The molecule has 2 aromatic heterocycles. The van der Waals surface area contributed by atoms with Crippen molar-refractivity contribution in [3.05, 3.63) is 40.8 Å². The van der Waals surface area contributed by atoms with Gasteiger partial charge < -0.3 is 15.0 Å². The number of hydrogen-bond donors (Lipinski definition) is 1. The first-order chi connectivity index (χ1) is 11.8. The molecule has 0 aliphatic carbocycles. The molecule has 0 unspecified atom stereocenters. The molecule has 2 aromatic rings. The van der Waals surface area contributed by atoms with E-state index in [1.807, 2.05) is 23.6 Å². The van der Waals surface area contributed by atoms with Gasteiger partial charge in [-0.15, -0.1) is 11.3 Å². The molecule has 2 saturated heterocycles. The summed E-state index contributed by atoms with van der Waals surface area (Å²) in [4.78, 5) is 24.5. The van der Waals surface area contributed by atoms with Crippen LogP contribution in [0.5, 0.6) is 0 Å². The molecule has 0 bridgehead atoms. The van der Waals surface area contributed by atoms with Crippen molar-refractivity contribution < 1.29 is 9.53 Å². The first-order valence-electron chi connectivity index (χ1n) is 8.14. The number of thiophene rings is 1. The normalized spacial score (nSPS) is 25.7. The van der Waals surface area contributed by atoms with Crippen molar-refractivity contribution in [2.75, 3.05) is 31.2 Å². The number of ether oxygens (including phenoxy) is 1. The van der Waals surface area contributed by atoms with Crippen molar-refractivity contribution >= 4 is 23.2 Å². The molecule has 2 atom stereocenters. The van der Waals surface area contributed by atoms with Crippen LogP contribution in [0.3, 0.4) is 0 Å². The molecule has 0 aromatic carbocycles. The summed E-state index contributed by atoms with van der Waals surface area (Å²) in [6.45, 7) is 3.56. The Labute approximate surface area is 144 Å². The summed E-state index contributed by atoms with van der Waals surface area (Å²) >= 11 is 1.66. The molecular formula is C17H20N4O2S. The molecule has 126 valence electrons. The Morgan fingerprint density at radius 2 is 2.29 bits per heavy atom. The zero-order valence-corrected chi connectivity index (χ0v) is 14.2. The van der Waals surface area contributed by atoms with Gasteiger partial charge in [0, 0.05) is 48.1 Å². The highest BCUT2D eigenvalue weighted by Crippen LogP contribution is 2.44. The van der Waals surface area contributed by atoms with Crippen LogP contribution in [0.25, 0.3) is 0 Å². The average Bonchev–Trinajstić information content (AvgIpc) is 3.29. The smallest absolute Gasteiger partial charge is 0.225 e. The highest BCUT2D eigenvalue weighted by molar-refractivity contribution is 7.09. The Bertz CT molecular complexity index is 694. The van der Waals surface area contributed by atoms with Crippen molar-refractivity contribution in [3.63, 3.8) is 0 Å². The molecule has 6 nitrogen and oxygen atoms in total.